The molecule has 0 atom stereocenters. The van der Waals surface area contributed by atoms with E-state index in [9.17, 15) is 0 Å². The van der Waals surface area contributed by atoms with Crippen molar-refractivity contribution in [3.63, 3.8) is 0 Å². The molecule has 0 aliphatic carbocycles. The van der Waals surface area contributed by atoms with Crippen LogP contribution in [0.2, 0.25) is 0 Å². The first-order valence-electron chi connectivity index (χ1n) is 4.99. The second kappa shape index (κ2) is 4.47. The molecule has 1 rings (SSSR count). The van der Waals surface area contributed by atoms with Crippen molar-refractivity contribution in [2.75, 3.05) is 18.5 Å². The van der Waals surface area contributed by atoms with Crippen molar-refractivity contribution in [2.45, 2.75) is 26.2 Å². The van der Waals surface area contributed by atoms with E-state index in [1.165, 1.54) is 5.56 Å². The van der Waals surface area contributed by atoms with Gasteiger partial charge >= 0.3 is 0 Å². The van der Waals surface area contributed by atoms with E-state index >= 15 is 0 Å². The first-order valence-corrected chi connectivity index (χ1v) is 4.99. The standard InChI is InChI=1S/C12H19NO/c1-12(2,3)10-4-6-11(7-5-10)13-8-9-14/h4-7,13-14H,8-9H2,1-3H3. The van der Waals surface area contributed by atoms with Crippen LogP contribution in [0.3, 0.4) is 0 Å². The highest BCUT2D eigenvalue weighted by Crippen LogP contribution is 2.23. The SMILES string of the molecule is CC(C)(C)c1ccc(NCCO)cc1. The number of anilines is 1. The molecule has 0 amide bonds. The zero-order valence-electron chi connectivity index (χ0n) is 9.17. The van der Waals surface area contributed by atoms with Crippen molar-refractivity contribution < 1.29 is 5.11 Å². The van der Waals surface area contributed by atoms with E-state index in [-0.39, 0.29) is 12.0 Å². The molecule has 0 saturated heterocycles. The van der Waals surface area contributed by atoms with Gasteiger partial charge in [-0.05, 0) is 23.1 Å². The van der Waals surface area contributed by atoms with Gasteiger partial charge in [0.1, 0.15) is 0 Å². The Morgan fingerprint density at radius 2 is 1.71 bits per heavy atom. The lowest BCUT2D eigenvalue weighted by atomic mass is 9.87. The second-order valence-corrected chi connectivity index (χ2v) is 4.48. The molecule has 0 heterocycles. The predicted molar refractivity (Wildman–Crippen MR) is 60.7 cm³/mol. The van der Waals surface area contributed by atoms with Gasteiger partial charge in [-0.1, -0.05) is 32.9 Å². The van der Waals surface area contributed by atoms with Crippen molar-refractivity contribution in [2.24, 2.45) is 0 Å². The molecule has 0 aromatic heterocycles. The summed E-state index contributed by atoms with van der Waals surface area (Å²) in [6.07, 6.45) is 0. The molecule has 2 nitrogen and oxygen atoms in total. The lowest BCUT2D eigenvalue weighted by Gasteiger charge is -2.19. The van der Waals surface area contributed by atoms with E-state index in [4.69, 9.17) is 5.11 Å². The van der Waals surface area contributed by atoms with E-state index in [0.29, 0.717) is 6.54 Å². The first kappa shape index (κ1) is 11.1. The molecule has 0 aliphatic heterocycles. The Labute approximate surface area is 86.0 Å². The van der Waals surface area contributed by atoms with Crippen molar-refractivity contribution in [3.8, 4) is 0 Å². The molecule has 0 bridgehead atoms. The van der Waals surface area contributed by atoms with Gasteiger partial charge in [-0.15, -0.1) is 0 Å². The number of rotatable bonds is 3. The third kappa shape index (κ3) is 3.04. The topological polar surface area (TPSA) is 32.3 Å². The molecule has 1 aromatic carbocycles. The van der Waals surface area contributed by atoms with E-state index in [0.717, 1.165) is 5.69 Å². The van der Waals surface area contributed by atoms with Crippen LogP contribution in [0.1, 0.15) is 26.3 Å². The van der Waals surface area contributed by atoms with Gasteiger partial charge < -0.3 is 10.4 Å². The number of benzene rings is 1. The van der Waals surface area contributed by atoms with E-state index < -0.39 is 0 Å². The smallest absolute Gasteiger partial charge is 0.0604 e. The Morgan fingerprint density at radius 3 is 2.14 bits per heavy atom. The van der Waals surface area contributed by atoms with Gasteiger partial charge in [0.05, 0.1) is 6.61 Å². The van der Waals surface area contributed by atoms with Gasteiger partial charge in [-0.3, -0.25) is 0 Å². The van der Waals surface area contributed by atoms with Crippen LogP contribution in [0, 0.1) is 0 Å². The predicted octanol–water partition coefficient (Wildman–Crippen LogP) is 2.39. The zero-order valence-corrected chi connectivity index (χ0v) is 9.17. The van der Waals surface area contributed by atoms with Crippen LogP contribution in [-0.4, -0.2) is 18.3 Å². The van der Waals surface area contributed by atoms with Crippen LogP contribution in [-0.2, 0) is 5.41 Å². The third-order valence-electron chi connectivity index (χ3n) is 2.19. The molecule has 0 aliphatic rings. The molecule has 2 heteroatoms. The normalized spacial score (nSPS) is 11.4. The average Bonchev–Trinajstić information content (AvgIpc) is 2.14. The molecule has 14 heavy (non-hydrogen) atoms. The summed E-state index contributed by atoms with van der Waals surface area (Å²) in [4.78, 5) is 0. The maximum absolute atomic E-state index is 8.65. The van der Waals surface area contributed by atoms with Crippen molar-refractivity contribution in [1.82, 2.24) is 0 Å². The van der Waals surface area contributed by atoms with Crippen LogP contribution in [0.5, 0.6) is 0 Å². The fraction of sp³-hybridized carbons (Fsp3) is 0.500. The summed E-state index contributed by atoms with van der Waals surface area (Å²) in [5.74, 6) is 0. The Bertz CT molecular complexity index is 271. The maximum Gasteiger partial charge on any atom is 0.0604 e. The summed E-state index contributed by atoms with van der Waals surface area (Å²) in [6, 6.07) is 8.35. The minimum atomic E-state index is 0.168. The van der Waals surface area contributed by atoms with Gasteiger partial charge in [-0.2, -0.15) is 0 Å². The Morgan fingerprint density at radius 1 is 1.14 bits per heavy atom. The van der Waals surface area contributed by atoms with E-state index in [1.54, 1.807) is 0 Å². The minimum Gasteiger partial charge on any atom is -0.395 e. The molecule has 0 unspecified atom stereocenters. The summed E-state index contributed by atoms with van der Waals surface area (Å²) in [5, 5.41) is 11.8. The molecule has 78 valence electrons. The van der Waals surface area contributed by atoms with E-state index in [2.05, 4.69) is 50.4 Å². The molecule has 2 N–H and O–H groups in total. The molecular formula is C12H19NO. The van der Waals surface area contributed by atoms with Crippen LogP contribution < -0.4 is 5.32 Å². The summed E-state index contributed by atoms with van der Waals surface area (Å²) < 4.78 is 0. The van der Waals surface area contributed by atoms with Crippen molar-refractivity contribution in [3.05, 3.63) is 29.8 Å². The molecule has 0 fully saturated rings. The highest BCUT2D eigenvalue weighted by molar-refractivity contribution is 5.45. The fourth-order valence-electron chi connectivity index (χ4n) is 1.29. The Kier molecular flexibility index (Phi) is 3.53. The number of nitrogens with one attached hydrogen (secondary N) is 1. The summed E-state index contributed by atoms with van der Waals surface area (Å²) in [6.45, 7) is 7.37. The average molecular weight is 193 g/mol. The number of aliphatic hydroxyl groups is 1. The third-order valence-corrected chi connectivity index (χ3v) is 2.19. The second-order valence-electron chi connectivity index (χ2n) is 4.48. The summed E-state index contributed by atoms with van der Waals surface area (Å²) in [5.41, 5.74) is 2.59. The van der Waals surface area contributed by atoms with Gasteiger partial charge in [-0.25, -0.2) is 0 Å². The molecule has 1 aromatic rings. The highest BCUT2D eigenvalue weighted by atomic mass is 16.3. The van der Waals surface area contributed by atoms with Gasteiger partial charge in [0.2, 0.25) is 0 Å². The minimum absolute atomic E-state index is 0.168. The summed E-state index contributed by atoms with van der Waals surface area (Å²) in [7, 11) is 0. The maximum atomic E-state index is 8.65. The lowest BCUT2D eigenvalue weighted by molar-refractivity contribution is 0.311. The summed E-state index contributed by atoms with van der Waals surface area (Å²) >= 11 is 0. The van der Waals surface area contributed by atoms with Gasteiger partial charge in [0.15, 0.2) is 0 Å². The van der Waals surface area contributed by atoms with Gasteiger partial charge in [0, 0.05) is 12.2 Å². The van der Waals surface area contributed by atoms with Crippen molar-refractivity contribution >= 4 is 5.69 Å². The molecule has 0 spiro atoms. The Hall–Kier alpha value is -1.02. The fourth-order valence-corrected chi connectivity index (χ4v) is 1.29. The molecule has 0 radical (unpaired) electrons. The quantitative estimate of drug-likeness (QED) is 0.772. The number of hydrogen-bond donors (Lipinski definition) is 2. The van der Waals surface area contributed by atoms with Crippen LogP contribution in [0.15, 0.2) is 24.3 Å². The van der Waals surface area contributed by atoms with E-state index in [1.807, 2.05) is 0 Å². The van der Waals surface area contributed by atoms with Crippen LogP contribution in [0.25, 0.3) is 0 Å². The van der Waals surface area contributed by atoms with Crippen LogP contribution in [0.4, 0.5) is 5.69 Å². The first-order chi connectivity index (χ1) is 6.54. The molecular weight excluding hydrogens is 174 g/mol. The lowest BCUT2D eigenvalue weighted by Crippen LogP contribution is -2.11. The number of hydrogen-bond acceptors (Lipinski definition) is 2. The Balaban J connectivity index is 2.69. The van der Waals surface area contributed by atoms with Crippen molar-refractivity contribution in [1.29, 1.82) is 0 Å². The molecule has 0 saturated carbocycles. The largest absolute Gasteiger partial charge is 0.395 e. The van der Waals surface area contributed by atoms with Gasteiger partial charge in [0.25, 0.3) is 0 Å². The van der Waals surface area contributed by atoms with Crippen LogP contribution >= 0.6 is 0 Å². The highest BCUT2D eigenvalue weighted by Gasteiger charge is 2.12. The monoisotopic (exact) mass is 193 g/mol. The number of aliphatic hydroxyl groups excluding tert-OH is 1. The zero-order chi connectivity index (χ0) is 10.6.